The molecule has 8 heteroatoms. The van der Waals surface area contributed by atoms with Crippen LogP contribution in [0.3, 0.4) is 0 Å². The highest BCUT2D eigenvalue weighted by atomic mass is 127. The molecule has 7 nitrogen and oxygen atoms in total. The van der Waals surface area contributed by atoms with Gasteiger partial charge in [-0.1, -0.05) is 17.7 Å². The fourth-order valence-electron chi connectivity index (χ4n) is 3.02. The predicted octanol–water partition coefficient (Wildman–Crippen LogP) is 3.50. The number of aliphatic imine (C=N–C) groups is 1. The number of pyridine rings is 1. The van der Waals surface area contributed by atoms with Crippen LogP contribution in [0.1, 0.15) is 23.6 Å². The molecule has 0 aliphatic heterocycles. The average molecular weight is 520 g/mol. The molecule has 0 fully saturated rings. The van der Waals surface area contributed by atoms with Gasteiger partial charge in [0.2, 0.25) is 0 Å². The van der Waals surface area contributed by atoms with E-state index in [0.29, 0.717) is 6.54 Å². The maximum Gasteiger partial charge on any atom is 0.191 e. The maximum absolute atomic E-state index is 5.47. The molecule has 0 bridgehead atoms. The van der Waals surface area contributed by atoms with Crippen LogP contribution in [0.15, 0.2) is 60.0 Å². The zero-order valence-electron chi connectivity index (χ0n) is 17.6. The molecule has 160 valence electrons. The number of guanidine groups is 1. The molecule has 30 heavy (non-hydrogen) atoms. The second-order valence-electron chi connectivity index (χ2n) is 6.66. The van der Waals surface area contributed by atoms with E-state index in [-0.39, 0.29) is 24.0 Å². The minimum absolute atomic E-state index is 0. The second kappa shape index (κ2) is 12.2. The molecule has 2 aromatic heterocycles. The molecule has 0 aliphatic rings. The van der Waals surface area contributed by atoms with Gasteiger partial charge in [-0.2, -0.15) is 5.10 Å². The molecule has 0 saturated carbocycles. The molecule has 0 radical (unpaired) electrons. The molecule has 1 aromatic carbocycles. The van der Waals surface area contributed by atoms with Crippen molar-refractivity contribution in [2.75, 3.05) is 20.2 Å². The van der Waals surface area contributed by atoms with E-state index in [9.17, 15) is 0 Å². The van der Waals surface area contributed by atoms with Crippen molar-refractivity contribution in [2.24, 2.45) is 4.99 Å². The first-order chi connectivity index (χ1) is 14.2. The van der Waals surface area contributed by atoms with Gasteiger partial charge in [-0.05, 0) is 55.7 Å². The highest BCUT2D eigenvalue weighted by Crippen LogP contribution is 2.19. The number of nitrogens with one attached hydrogen (secondary N) is 2. The molecule has 2 heterocycles. The van der Waals surface area contributed by atoms with Crippen LogP contribution in [0.25, 0.3) is 5.82 Å². The average Bonchev–Trinajstić information content (AvgIpc) is 3.27. The van der Waals surface area contributed by atoms with Gasteiger partial charge in [0, 0.05) is 31.7 Å². The third-order valence-corrected chi connectivity index (χ3v) is 4.44. The van der Waals surface area contributed by atoms with Crippen molar-refractivity contribution in [1.82, 2.24) is 25.4 Å². The van der Waals surface area contributed by atoms with Crippen molar-refractivity contribution in [3.63, 3.8) is 0 Å². The minimum Gasteiger partial charge on any atom is -0.496 e. The van der Waals surface area contributed by atoms with Crippen molar-refractivity contribution < 1.29 is 4.74 Å². The summed E-state index contributed by atoms with van der Waals surface area (Å²) < 4.78 is 7.21. The Morgan fingerprint density at radius 2 is 2.03 bits per heavy atom. The molecule has 0 aliphatic carbocycles. The van der Waals surface area contributed by atoms with Gasteiger partial charge >= 0.3 is 0 Å². The van der Waals surface area contributed by atoms with Gasteiger partial charge < -0.3 is 15.4 Å². The number of aromatic nitrogens is 3. The van der Waals surface area contributed by atoms with E-state index < -0.39 is 0 Å². The highest BCUT2D eigenvalue weighted by Gasteiger charge is 2.05. The van der Waals surface area contributed by atoms with Crippen LogP contribution in [0.4, 0.5) is 0 Å². The fraction of sp³-hybridized carbons (Fsp3) is 0.318. The number of rotatable bonds is 8. The van der Waals surface area contributed by atoms with Crippen molar-refractivity contribution in [1.29, 1.82) is 0 Å². The van der Waals surface area contributed by atoms with Crippen LogP contribution >= 0.6 is 24.0 Å². The summed E-state index contributed by atoms with van der Waals surface area (Å²) in [4.78, 5) is 9.06. The number of benzene rings is 1. The summed E-state index contributed by atoms with van der Waals surface area (Å²) in [6.07, 6.45) is 6.25. The van der Waals surface area contributed by atoms with Crippen LogP contribution in [-0.2, 0) is 13.0 Å². The van der Waals surface area contributed by atoms with Gasteiger partial charge in [-0.3, -0.25) is 0 Å². The fourth-order valence-corrected chi connectivity index (χ4v) is 3.02. The van der Waals surface area contributed by atoms with E-state index in [4.69, 9.17) is 9.73 Å². The first-order valence-electron chi connectivity index (χ1n) is 9.80. The van der Waals surface area contributed by atoms with Crippen LogP contribution in [0.5, 0.6) is 5.75 Å². The standard InChI is InChI=1S/C22H28N6O.HI/c1-4-23-22(25-12-9-19-14-17(2)6-7-20(19)29-3)26-16-18-8-11-24-21(15-18)28-13-5-10-27-28;/h5-8,10-11,13-15H,4,9,12,16H2,1-3H3,(H2,23,25,26);1H. The van der Waals surface area contributed by atoms with E-state index in [0.717, 1.165) is 42.6 Å². The monoisotopic (exact) mass is 520 g/mol. The van der Waals surface area contributed by atoms with Gasteiger partial charge in [0.25, 0.3) is 0 Å². The van der Waals surface area contributed by atoms with Crippen LogP contribution < -0.4 is 15.4 Å². The summed E-state index contributed by atoms with van der Waals surface area (Å²) in [5.74, 6) is 2.49. The number of hydrogen-bond acceptors (Lipinski definition) is 4. The number of ether oxygens (including phenoxy) is 1. The van der Waals surface area contributed by atoms with Gasteiger partial charge in [-0.25, -0.2) is 14.7 Å². The molecule has 0 spiro atoms. The van der Waals surface area contributed by atoms with Crippen molar-refractivity contribution >= 4 is 29.9 Å². The molecular weight excluding hydrogens is 491 g/mol. The lowest BCUT2D eigenvalue weighted by molar-refractivity contribution is 0.409. The Bertz CT molecular complexity index is 943. The zero-order valence-corrected chi connectivity index (χ0v) is 20.0. The Morgan fingerprint density at radius 3 is 2.77 bits per heavy atom. The van der Waals surface area contributed by atoms with E-state index in [1.165, 1.54) is 11.1 Å². The van der Waals surface area contributed by atoms with E-state index in [1.807, 2.05) is 30.5 Å². The smallest absolute Gasteiger partial charge is 0.191 e. The summed E-state index contributed by atoms with van der Waals surface area (Å²) in [5, 5.41) is 10.9. The van der Waals surface area contributed by atoms with Crippen molar-refractivity contribution in [3.8, 4) is 11.6 Å². The first-order valence-corrected chi connectivity index (χ1v) is 9.80. The van der Waals surface area contributed by atoms with Crippen molar-refractivity contribution in [3.05, 3.63) is 71.7 Å². The van der Waals surface area contributed by atoms with Crippen LogP contribution in [-0.4, -0.2) is 40.9 Å². The number of aryl methyl sites for hydroxylation is 1. The summed E-state index contributed by atoms with van der Waals surface area (Å²) in [6, 6.07) is 12.1. The lowest BCUT2D eigenvalue weighted by Crippen LogP contribution is -2.38. The number of nitrogens with zero attached hydrogens (tertiary/aromatic N) is 4. The van der Waals surface area contributed by atoms with E-state index in [2.05, 4.69) is 46.7 Å². The molecule has 0 unspecified atom stereocenters. The van der Waals surface area contributed by atoms with E-state index in [1.54, 1.807) is 24.2 Å². The summed E-state index contributed by atoms with van der Waals surface area (Å²) in [5.41, 5.74) is 3.49. The third kappa shape index (κ3) is 6.72. The molecule has 0 saturated heterocycles. The molecule has 3 rings (SSSR count). The topological polar surface area (TPSA) is 76.4 Å². The summed E-state index contributed by atoms with van der Waals surface area (Å²) in [6.45, 7) is 6.27. The number of halogens is 1. The highest BCUT2D eigenvalue weighted by molar-refractivity contribution is 14.0. The second-order valence-corrected chi connectivity index (χ2v) is 6.66. The summed E-state index contributed by atoms with van der Waals surface area (Å²) in [7, 11) is 1.71. The molecule has 0 atom stereocenters. The van der Waals surface area contributed by atoms with E-state index >= 15 is 0 Å². The van der Waals surface area contributed by atoms with Crippen LogP contribution in [0, 0.1) is 6.92 Å². The maximum atomic E-state index is 5.47. The molecule has 2 N–H and O–H groups in total. The molecule has 0 amide bonds. The summed E-state index contributed by atoms with van der Waals surface area (Å²) >= 11 is 0. The zero-order chi connectivity index (χ0) is 20.5. The van der Waals surface area contributed by atoms with Gasteiger partial charge in [0.05, 0.1) is 13.7 Å². The van der Waals surface area contributed by atoms with Gasteiger partial charge in [0.15, 0.2) is 11.8 Å². The number of methoxy groups -OCH3 is 1. The SMILES string of the molecule is CCNC(=NCc1ccnc(-n2cccn2)c1)NCCc1cc(C)ccc1OC.I. The largest absolute Gasteiger partial charge is 0.496 e. The van der Waals surface area contributed by atoms with Crippen molar-refractivity contribution in [2.45, 2.75) is 26.8 Å². The quantitative estimate of drug-likeness (QED) is 0.270. The Labute approximate surface area is 195 Å². The predicted molar refractivity (Wildman–Crippen MR) is 131 cm³/mol. The van der Waals surface area contributed by atoms with Crippen LogP contribution in [0.2, 0.25) is 0 Å². The lowest BCUT2D eigenvalue weighted by atomic mass is 10.1. The van der Waals surface area contributed by atoms with Gasteiger partial charge in [-0.15, -0.1) is 24.0 Å². The Hall–Kier alpha value is -2.62. The lowest BCUT2D eigenvalue weighted by Gasteiger charge is -2.13. The molecular formula is C22H29IN6O. The Kier molecular flexibility index (Phi) is 9.59. The Morgan fingerprint density at radius 1 is 1.17 bits per heavy atom. The third-order valence-electron chi connectivity index (χ3n) is 4.44. The molecule has 3 aromatic rings. The minimum atomic E-state index is 0. The first kappa shape index (κ1) is 23.7. The normalized spacial score (nSPS) is 11.0. The number of hydrogen-bond donors (Lipinski definition) is 2. The van der Waals surface area contributed by atoms with Gasteiger partial charge in [0.1, 0.15) is 5.75 Å². The Balaban J connectivity index is 0.00000320.